The molecule has 1 fully saturated rings. The summed E-state index contributed by atoms with van der Waals surface area (Å²) in [6.45, 7) is 6.13. The van der Waals surface area contributed by atoms with Crippen LogP contribution >= 0.6 is 11.3 Å². The summed E-state index contributed by atoms with van der Waals surface area (Å²) in [4.78, 5) is 22.4. The zero-order chi connectivity index (χ0) is 17.6. The Hall–Kier alpha value is -1.72. The molecule has 0 N–H and O–H groups in total. The first kappa shape index (κ1) is 18.1. The SMILES string of the molecule is Cc1ncsc1CCN(C)C(=O)c1ccc(CN2CCCCC2)cc1. The molecule has 0 radical (unpaired) electrons. The normalized spacial score (nSPS) is 15.3. The molecule has 5 heteroatoms. The first-order valence-electron chi connectivity index (χ1n) is 9.09. The van der Waals surface area contributed by atoms with Gasteiger partial charge in [0.25, 0.3) is 5.91 Å². The van der Waals surface area contributed by atoms with Crippen molar-refractivity contribution in [1.82, 2.24) is 14.8 Å². The third-order valence-corrected chi connectivity index (χ3v) is 5.92. The van der Waals surface area contributed by atoms with E-state index in [9.17, 15) is 4.79 Å². The van der Waals surface area contributed by atoms with E-state index < -0.39 is 0 Å². The lowest BCUT2D eigenvalue weighted by atomic mass is 10.1. The number of likely N-dealkylation sites (N-methyl/N-ethyl adjacent to an activating group) is 1. The number of hydrogen-bond acceptors (Lipinski definition) is 4. The Bertz CT molecular complexity index is 689. The van der Waals surface area contributed by atoms with Gasteiger partial charge in [-0.2, -0.15) is 0 Å². The molecule has 0 atom stereocenters. The molecule has 1 amide bonds. The van der Waals surface area contributed by atoms with Gasteiger partial charge in [-0.05, 0) is 50.6 Å². The lowest BCUT2D eigenvalue weighted by Crippen LogP contribution is -2.29. The topological polar surface area (TPSA) is 36.4 Å². The molecular weight excluding hydrogens is 330 g/mol. The Morgan fingerprint density at radius 1 is 1.20 bits per heavy atom. The molecule has 1 aromatic heterocycles. The summed E-state index contributed by atoms with van der Waals surface area (Å²) >= 11 is 1.66. The number of rotatable bonds is 6. The molecule has 2 aromatic rings. The molecule has 3 rings (SSSR count). The first-order valence-corrected chi connectivity index (χ1v) is 9.97. The van der Waals surface area contributed by atoms with E-state index >= 15 is 0 Å². The molecule has 134 valence electrons. The van der Waals surface area contributed by atoms with Crippen LogP contribution in [-0.4, -0.2) is 47.4 Å². The summed E-state index contributed by atoms with van der Waals surface area (Å²) in [5, 5.41) is 0. The molecule has 0 saturated carbocycles. The number of benzene rings is 1. The van der Waals surface area contributed by atoms with Crippen LogP contribution in [0.3, 0.4) is 0 Å². The molecule has 0 unspecified atom stereocenters. The average Bonchev–Trinajstić information content (AvgIpc) is 3.05. The molecule has 25 heavy (non-hydrogen) atoms. The van der Waals surface area contributed by atoms with Crippen LogP contribution in [-0.2, 0) is 13.0 Å². The van der Waals surface area contributed by atoms with Crippen LogP contribution in [0.15, 0.2) is 29.8 Å². The van der Waals surface area contributed by atoms with Crippen LogP contribution in [0.4, 0.5) is 0 Å². The summed E-state index contributed by atoms with van der Waals surface area (Å²) < 4.78 is 0. The van der Waals surface area contributed by atoms with Crippen LogP contribution in [0.1, 0.15) is 45.8 Å². The van der Waals surface area contributed by atoms with E-state index in [1.165, 1.54) is 42.8 Å². The number of thiazole rings is 1. The number of carbonyl (C=O) groups excluding carboxylic acids is 1. The second kappa shape index (κ2) is 8.59. The summed E-state index contributed by atoms with van der Waals surface area (Å²) in [5.41, 5.74) is 5.01. The maximum Gasteiger partial charge on any atom is 0.253 e. The quantitative estimate of drug-likeness (QED) is 0.790. The van der Waals surface area contributed by atoms with E-state index in [2.05, 4.69) is 22.0 Å². The van der Waals surface area contributed by atoms with E-state index in [0.717, 1.165) is 30.8 Å². The Morgan fingerprint density at radius 3 is 2.56 bits per heavy atom. The zero-order valence-electron chi connectivity index (χ0n) is 15.2. The van der Waals surface area contributed by atoms with Gasteiger partial charge >= 0.3 is 0 Å². The number of carbonyl (C=O) groups is 1. The fraction of sp³-hybridized carbons (Fsp3) is 0.500. The number of nitrogens with zero attached hydrogens (tertiary/aromatic N) is 3. The van der Waals surface area contributed by atoms with E-state index in [-0.39, 0.29) is 5.91 Å². The van der Waals surface area contributed by atoms with E-state index in [1.807, 2.05) is 31.6 Å². The molecule has 2 heterocycles. The highest BCUT2D eigenvalue weighted by molar-refractivity contribution is 7.09. The van der Waals surface area contributed by atoms with Crippen molar-refractivity contribution in [1.29, 1.82) is 0 Å². The third kappa shape index (κ3) is 4.89. The van der Waals surface area contributed by atoms with Crippen LogP contribution in [0.25, 0.3) is 0 Å². The minimum Gasteiger partial charge on any atom is -0.341 e. The van der Waals surface area contributed by atoms with E-state index in [4.69, 9.17) is 0 Å². The lowest BCUT2D eigenvalue weighted by molar-refractivity contribution is 0.0796. The highest BCUT2D eigenvalue weighted by Gasteiger charge is 2.14. The van der Waals surface area contributed by atoms with Gasteiger partial charge in [0.1, 0.15) is 0 Å². The highest BCUT2D eigenvalue weighted by atomic mass is 32.1. The van der Waals surface area contributed by atoms with Crippen molar-refractivity contribution in [3.63, 3.8) is 0 Å². The number of amides is 1. The van der Waals surface area contributed by atoms with Gasteiger partial charge in [-0.1, -0.05) is 18.6 Å². The van der Waals surface area contributed by atoms with Crippen molar-refractivity contribution in [2.45, 2.75) is 39.2 Å². The van der Waals surface area contributed by atoms with Crippen molar-refractivity contribution in [2.75, 3.05) is 26.7 Å². The van der Waals surface area contributed by atoms with Crippen molar-refractivity contribution < 1.29 is 4.79 Å². The summed E-state index contributed by atoms with van der Waals surface area (Å²) in [5.74, 6) is 0.0895. The third-order valence-electron chi connectivity index (χ3n) is 4.92. The van der Waals surface area contributed by atoms with Crippen LogP contribution in [0.5, 0.6) is 0 Å². The Labute approximate surface area is 154 Å². The standard InChI is InChI=1S/C20H27N3OS/c1-16-19(25-15-21-16)10-13-22(2)20(24)18-8-6-17(7-9-18)14-23-11-4-3-5-12-23/h6-9,15H,3-5,10-14H2,1-2H3. The maximum absolute atomic E-state index is 12.6. The summed E-state index contributed by atoms with van der Waals surface area (Å²) in [6.07, 6.45) is 4.84. The molecule has 1 aliphatic rings. The highest BCUT2D eigenvalue weighted by Crippen LogP contribution is 2.16. The van der Waals surface area contributed by atoms with E-state index in [0.29, 0.717) is 0 Å². The molecule has 0 bridgehead atoms. The smallest absolute Gasteiger partial charge is 0.253 e. The van der Waals surface area contributed by atoms with E-state index in [1.54, 1.807) is 16.2 Å². The fourth-order valence-electron chi connectivity index (χ4n) is 3.29. The van der Waals surface area contributed by atoms with Gasteiger partial charge in [-0.25, -0.2) is 4.98 Å². The largest absolute Gasteiger partial charge is 0.341 e. The van der Waals surface area contributed by atoms with Gasteiger partial charge in [-0.15, -0.1) is 11.3 Å². The Kier molecular flexibility index (Phi) is 6.21. The predicted octanol–water partition coefficient (Wildman–Crippen LogP) is 3.75. The molecule has 1 aromatic carbocycles. The van der Waals surface area contributed by atoms with Crippen LogP contribution in [0, 0.1) is 6.92 Å². The molecular formula is C20H27N3OS. The zero-order valence-corrected chi connectivity index (χ0v) is 16.0. The minimum absolute atomic E-state index is 0.0895. The Balaban J connectivity index is 1.53. The van der Waals surface area contributed by atoms with Gasteiger partial charge in [0.2, 0.25) is 0 Å². The van der Waals surface area contributed by atoms with Crippen molar-refractivity contribution in [3.05, 3.63) is 51.5 Å². The number of aromatic nitrogens is 1. The summed E-state index contributed by atoms with van der Waals surface area (Å²) in [7, 11) is 1.88. The molecule has 1 aliphatic heterocycles. The van der Waals surface area contributed by atoms with Gasteiger partial charge in [-0.3, -0.25) is 9.69 Å². The molecule has 0 spiro atoms. The molecule has 1 saturated heterocycles. The second-order valence-electron chi connectivity index (χ2n) is 6.87. The number of likely N-dealkylation sites (tertiary alicyclic amines) is 1. The molecule has 4 nitrogen and oxygen atoms in total. The fourth-order valence-corrected chi connectivity index (χ4v) is 4.06. The monoisotopic (exact) mass is 357 g/mol. The second-order valence-corrected chi connectivity index (χ2v) is 7.81. The van der Waals surface area contributed by atoms with Gasteiger partial charge in [0.15, 0.2) is 0 Å². The summed E-state index contributed by atoms with van der Waals surface area (Å²) in [6, 6.07) is 8.14. The minimum atomic E-state index is 0.0895. The first-order chi connectivity index (χ1) is 12.1. The van der Waals surface area contributed by atoms with Crippen LogP contribution in [0.2, 0.25) is 0 Å². The number of hydrogen-bond donors (Lipinski definition) is 0. The predicted molar refractivity (Wildman–Crippen MR) is 103 cm³/mol. The van der Waals surface area contributed by atoms with Crippen molar-refractivity contribution in [2.24, 2.45) is 0 Å². The van der Waals surface area contributed by atoms with Crippen molar-refractivity contribution in [3.8, 4) is 0 Å². The number of piperidine rings is 1. The Morgan fingerprint density at radius 2 is 1.92 bits per heavy atom. The van der Waals surface area contributed by atoms with Gasteiger partial charge in [0.05, 0.1) is 11.2 Å². The maximum atomic E-state index is 12.6. The average molecular weight is 358 g/mol. The van der Waals surface area contributed by atoms with Crippen molar-refractivity contribution >= 4 is 17.2 Å². The molecule has 0 aliphatic carbocycles. The van der Waals surface area contributed by atoms with Gasteiger partial charge in [0, 0.05) is 37.0 Å². The lowest BCUT2D eigenvalue weighted by Gasteiger charge is -2.26. The van der Waals surface area contributed by atoms with Gasteiger partial charge < -0.3 is 4.90 Å². The van der Waals surface area contributed by atoms with Crippen LogP contribution < -0.4 is 0 Å². The number of aryl methyl sites for hydroxylation is 1.